The quantitative estimate of drug-likeness (QED) is 0.890. The van der Waals surface area contributed by atoms with Crippen molar-refractivity contribution in [1.82, 2.24) is 10.2 Å². The van der Waals surface area contributed by atoms with E-state index < -0.39 is 6.09 Å². The average Bonchev–Trinajstić information content (AvgIpc) is 2.55. The Morgan fingerprint density at radius 3 is 2.23 bits per heavy atom. The summed E-state index contributed by atoms with van der Waals surface area (Å²) < 4.78 is 5.23. The number of likely N-dealkylation sites (N-methyl/N-ethyl adjacent to an activating group) is 1. The highest BCUT2D eigenvalue weighted by molar-refractivity contribution is 5.67. The van der Waals surface area contributed by atoms with E-state index in [1.807, 2.05) is 62.6 Å². The molecule has 1 amide bonds. The lowest BCUT2D eigenvalue weighted by molar-refractivity contribution is 0.136. The monoisotopic (exact) mass is 298 g/mol. The number of rotatable bonds is 6. The summed E-state index contributed by atoms with van der Waals surface area (Å²) in [4.78, 5) is 13.9. The van der Waals surface area contributed by atoms with Crippen LogP contribution < -0.4 is 5.32 Å². The predicted molar refractivity (Wildman–Crippen MR) is 87.5 cm³/mol. The molecule has 0 bridgehead atoms. The van der Waals surface area contributed by atoms with Crippen molar-refractivity contribution in [1.29, 1.82) is 0 Å². The van der Waals surface area contributed by atoms with Crippen molar-refractivity contribution < 1.29 is 9.53 Å². The number of hydrogen-bond donors (Lipinski definition) is 1. The maximum absolute atomic E-state index is 11.8. The molecule has 116 valence electrons. The summed E-state index contributed by atoms with van der Waals surface area (Å²) in [6, 6.07) is 19.9. The number of ether oxygens (including phenoxy) is 1. The molecule has 1 N–H and O–H groups in total. The third-order valence-electron chi connectivity index (χ3n) is 3.46. The zero-order valence-corrected chi connectivity index (χ0v) is 13.0. The number of hydrogen-bond acceptors (Lipinski definition) is 3. The average molecular weight is 298 g/mol. The Labute approximate surface area is 131 Å². The van der Waals surface area contributed by atoms with E-state index in [-0.39, 0.29) is 12.6 Å². The van der Waals surface area contributed by atoms with Gasteiger partial charge in [-0.3, -0.25) is 0 Å². The fraction of sp³-hybridized carbons (Fsp3) is 0.278. The maximum atomic E-state index is 11.8. The van der Waals surface area contributed by atoms with Crippen molar-refractivity contribution in [3.8, 4) is 0 Å². The molecule has 2 aromatic carbocycles. The fourth-order valence-corrected chi connectivity index (χ4v) is 2.23. The minimum absolute atomic E-state index is 0.116. The zero-order chi connectivity index (χ0) is 15.8. The predicted octanol–water partition coefficient (Wildman–Crippen LogP) is 3.22. The van der Waals surface area contributed by atoms with Crippen LogP contribution in [0.15, 0.2) is 60.7 Å². The second kappa shape index (κ2) is 8.20. The van der Waals surface area contributed by atoms with Gasteiger partial charge in [-0.1, -0.05) is 60.7 Å². The number of amides is 1. The Hall–Kier alpha value is -2.33. The Bertz CT molecular complexity index is 570. The molecule has 0 radical (unpaired) electrons. The Balaban J connectivity index is 1.83. The van der Waals surface area contributed by atoms with Crippen LogP contribution in [0.5, 0.6) is 0 Å². The van der Waals surface area contributed by atoms with Gasteiger partial charge in [0.15, 0.2) is 0 Å². The summed E-state index contributed by atoms with van der Waals surface area (Å²) in [6.45, 7) is 0.787. The van der Waals surface area contributed by atoms with Crippen LogP contribution in [0.1, 0.15) is 17.2 Å². The molecule has 0 aliphatic heterocycles. The third-order valence-corrected chi connectivity index (χ3v) is 3.46. The lowest BCUT2D eigenvalue weighted by atomic mass is 10.1. The number of carbonyl (C=O) groups is 1. The van der Waals surface area contributed by atoms with Gasteiger partial charge in [-0.2, -0.15) is 0 Å². The highest BCUT2D eigenvalue weighted by atomic mass is 16.5. The van der Waals surface area contributed by atoms with Crippen LogP contribution in [0, 0.1) is 0 Å². The maximum Gasteiger partial charge on any atom is 0.407 e. The Morgan fingerprint density at radius 1 is 1.05 bits per heavy atom. The van der Waals surface area contributed by atoms with Gasteiger partial charge in [0.1, 0.15) is 6.61 Å². The van der Waals surface area contributed by atoms with Gasteiger partial charge >= 0.3 is 6.09 Å². The standard InChI is InChI=1S/C18H22N2O2/c1-20(2)17(16-11-7-4-8-12-16)13-19-18(21)22-14-15-9-5-3-6-10-15/h3-12,17H,13-14H2,1-2H3,(H,19,21). The van der Waals surface area contributed by atoms with E-state index >= 15 is 0 Å². The van der Waals surface area contributed by atoms with Gasteiger partial charge in [0, 0.05) is 6.54 Å². The van der Waals surface area contributed by atoms with Gasteiger partial charge in [-0.25, -0.2) is 4.79 Å². The molecule has 1 unspecified atom stereocenters. The molecule has 4 nitrogen and oxygen atoms in total. The van der Waals surface area contributed by atoms with Crippen LogP contribution in [0.3, 0.4) is 0 Å². The normalized spacial score (nSPS) is 12.0. The molecule has 22 heavy (non-hydrogen) atoms. The first-order chi connectivity index (χ1) is 10.7. The van der Waals surface area contributed by atoms with Crippen molar-refractivity contribution in [3.63, 3.8) is 0 Å². The van der Waals surface area contributed by atoms with E-state index in [4.69, 9.17) is 4.74 Å². The molecule has 2 rings (SSSR count). The topological polar surface area (TPSA) is 41.6 Å². The molecule has 2 aromatic rings. The molecule has 0 aliphatic carbocycles. The molecule has 0 saturated carbocycles. The molecule has 0 fully saturated rings. The summed E-state index contributed by atoms with van der Waals surface area (Å²) in [7, 11) is 3.99. The second-order valence-corrected chi connectivity index (χ2v) is 5.33. The molecule has 4 heteroatoms. The molecule has 0 aliphatic rings. The smallest absolute Gasteiger partial charge is 0.407 e. The largest absolute Gasteiger partial charge is 0.445 e. The summed E-state index contributed by atoms with van der Waals surface area (Å²) in [5.41, 5.74) is 2.14. The molecular formula is C18H22N2O2. The minimum atomic E-state index is -0.397. The van der Waals surface area contributed by atoms with Crippen molar-refractivity contribution in [2.45, 2.75) is 12.6 Å². The van der Waals surface area contributed by atoms with Crippen LogP contribution in [-0.2, 0) is 11.3 Å². The summed E-state index contributed by atoms with van der Waals surface area (Å²) in [5, 5.41) is 2.83. The van der Waals surface area contributed by atoms with Gasteiger partial charge in [0.25, 0.3) is 0 Å². The summed E-state index contributed by atoms with van der Waals surface area (Å²) in [5.74, 6) is 0. The third kappa shape index (κ3) is 4.90. The molecular weight excluding hydrogens is 276 g/mol. The number of benzene rings is 2. The number of carbonyl (C=O) groups excluding carboxylic acids is 1. The number of nitrogens with one attached hydrogen (secondary N) is 1. The van der Waals surface area contributed by atoms with E-state index in [0.717, 1.165) is 11.1 Å². The van der Waals surface area contributed by atoms with Crippen molar-refractivity contribution >= 4 is 6.09 Å². The van der Waals surface area contributed by atoms with E-state index in [1.54, 1.807) is 0 Å². The Morgan fingerprint density at radius 2 is 1.64 bits per heavy atom. The molecule has 0 spiro atoms. The Kier molecular flexibility index (Phi) is 5.98. The van der Waals surface area contributed by atoms with Crippen LogP contribution >= 0.6 is 0 Å². The molecule has 1 atom stereocenters. The SMILES string of the molecule is CN(C)C(CNC(=O)OCc1ccccc1)c1ccccc1. The lowest BCUT2D eigenvalue weighted by Crippen LogP contribution is -2.34. The first-order valence-corrected chi connectivity index (χ1v) is 7.32. The van der Waals surface area contributed by atoms with Crippen LogP contribution in [0.4, 0.5) is 4.79 Å². The molecule has 0 saturated heterocycles. The number of alkyl carbamates (subject to hydrolysis) is 1. The van der Waals surface area contributed by atoms with E-state index in [0.29, 0.717) is 6.54 Å². The van der Waals surface area contributed by atoms with Crippen molar-refractivity contribution in [2.24, 2.45) is 0 Å². The zero-order valence-electron chi connectivity index (χ0n) is 13.0. The van der Waals surface area contributed by atoms with E-state index in [2.05, 4.69) is 22.3 Å². The number of nitrogens with zero attached hydrogens (tertiary/aromatic N) is 1. The van der Waals surface area contributed by atoms with E-state index in [9.17, 15) is 4.79 Å². The first-order valence-electron chi connectivity index (χ1n) is 7.32. The minimum Gasteiger partial charge on any atom is -0.445 e. The highest BCUT2D eigenvalue weighted by Crippen LogP contribution is 2.16. The van der Waals surface area contributed by atoms with Crippen LogP contribution in [0.2, 0.25) is 0 Å². The van der Waals surface area contributed by atoms with Crippen LogP contribution in [0.25, 0.3) is 0 Å². The van der Waals surface area contributed by atoms with Crippen LogP contribution in [-0.4, -0.2) is 31.6 Å². The lowest BCUT2D eigenvalue weighted by Gasteiger charge is -2.24. The molecule has 0 heterocycles. The van der Waals surface area contributed by atoms with Gasteiger partial charge < -0.3 is 15.0 Å². The molecule has 0 aromatic heterocycles. The second-order valence-electron chi connectivity index (χ2n) is 5.33. The van der Waals surface area contributed by atoms with Gasteiger partial charge in [0.2, 0.25) is 0 Å². The highest BCUT2D eigenvalue weighted by Gasteiger charge is 2.15. The van der Waals surface area contributed by atoms with Gasteiger partial charge in [-0.05, 0) is 25.2 Å². The fourth-order valence-electron chi connectivity index (χ4n) is 2.23. The first kappa shape index (κ1) is 16.0. The van der Waals surface area contributed by atoms with Crippen molar-refractivity contribution in [3.05, 3.63) is 71.8 Å². The summed E-state index contributed by atoms with van der Waals surface area (Å²) in [6.07, 6.45) is -0.397. The van der Waals surface area contributed by atoms with E-state index in [1.165, 1.54) is 0 Å². The van der Waals surface area contributed by atoms with Gasteiger partial charge in [0.05, 0.1) is 6.04 Å². The summed E-state index contributed by atoms with van der Waals surface area (Å²) >= 11 is 0. The van der Waals surface area contributed by atoms with Gasteiger partial charge in [-0.15, -0.1) is 0 Å². The van der Waals surface area contributed by atoms with Crippen molar-refractivity contribution in [2.75, 3.05) is 20.6 Å².